The van der Waals surface area contributed by atoms with Crippen molar-refractivity contribution in [3.8, 4) is 0 Å². The smallest absolute Gasteiger partial charge is 0.191 e. The van der Waals surface area contributed by atoms with Gasteiger partial charge in [0.15, 0.2) is 5.96 Å². The molecule has 19 heavy (non-hydrogen) atoms. The van der Waals surface area contributed by atoms with E-state index in [0.29, 0.717) is 6.04 Å². The minimum atomic E-state index is 0. The summed E-state index contributed by atoms with van der Waals surface area (Å²) < 4.78 is 0. The second-order valence-electron chi connectivity index (χ2n) is 4.66. The lowest BCUT2D eigenvalue weighted by Gasteiger charge is -2.21. The van der Waals surface area contributed by atoms with Gasteiger partial charge in [0.1, 0.15) is 0 Å². The van der Waals surface area contributed by atoms with Crippen LogP contribution in [0.25, 0.3) is 0 Å². The van der Waals surface area contributed by atoms with Crippen molar-refractivity contribution in [2.75, 3.05) is 27.2 Å². The third-order valence-corrected chi connectivity index (χ3v) is 4.29. The van der Waals surface area contributed by atoms with E-state index in [9.17, 15) is 0 Å². The fourth-order valence-corrected chi connectivity index (χ4v) is 2.90. The first-order valence-corrected chi connectivity index (χ1v) is 7.34. The van der Waals surface area contributed by atoms with Gasteiger partial charge in [-0.15, -0.1) is 35.3 Å². The molecule has 4 nitrogen and oxygen atoms in total. The first-order chi connectivity index (χ1) is 8.79. The predicted octanol–water partition coefficient (Wildman–Crippen LogP) is 2.13. The fourth-order valence-electron chi connectivity index (χ4n) is 2.26. The number of likely N-dealkylation sites (N-methyl/N-ethyl adjacent to an activating group) is 1. The van der Waals surface area contributed by atoms with E-state index in [-0.39, 0.29) is 24.0 Å². The van der Waals surface area contributed by atoms with Crippen molar-refractivity contribution in [1.29, 1.82) is 0 Å². The monoisotopic (exact) mass is 394 g/mol. The lowest BCUT2D eigenvalue weighted by molar-refractivity contribution is 0.309. The molecule has 0 amide bonds. The molecule has 1 aliphatic heterocycles. The molecule has 0 bridgehead atoms. The Bertz CT molecular complexity index is 380. The second-order valence-corrected chi connectivity index (χ2v) is 5.69. The molecule has 0 aromatic carbocycles. The van der Waals surface area contributed by atoms with Gasteiger partial charge < -0.3 is 15.5 Å². The van der Waals surface area contributed by atoms with Crippen LogP contribution in [0.5, 0.6) is 0 Å². The number of thiophene rings is 1. The van der Waals surface area contributed by atoms with Crippen LogP contribution in [-0.2, 0) is 6.54 Å². The zero-order valence-corrected chi connectivity index (χ0v) is 14.7. The molecule has 1 unspecified atom stereocenters. The maximum atomic E-state index is 4.25. The molecule has 1 atom stereocenters. The van der Waals surface area contributed by atoms with E-state index in [1.807, 2.05) is 7.05 Å². The number of hydrogen-bond acceptors (Lipinski definition) is 3. The van der Waals surface area contributed by atoms with Crippen molar-refractivity contribution in [3.63, 3.8) is 0 Å². The fraction of sp³-hybridized carbons (Fsp3) is 0.615. The molecule has 0 spiro atoms. The minimum absolute atomic E-state index is 0. The summed E-state index contributed by atoms with van der Waals surface area (Å²) in [5.74, 6) is 0.892. The summed E-state index contributed by atoms with van der Waals surface area (Å²) in [7, 11) is 4.02. The largest absolute Gasteiger partial charge is 0.355 e. The van der Waals surface area contributed by atoms with E-state index in [1.165, 1.54) is 24.3 Å². The summed E-state index contributed by atoms with van der Waals surface area (Å²) in [4.78, 5) is 8.00. The standard InChI is InChI=1S/C13H22N4S.HI/c1-14-13(16-10-12-6-4-8-18-12)15-9-11-5-3-7-17(11)2;/h4,6,8,11H,3,5,7,9-10H2,1-2H3,(H2,14,15,16);1H. The predicted molar refractivity (Wildman–Crippen MR) is 93.6 cm³/mol. The molecule has 2 heterocycles. The highest BCUT2D eigenvalue weighted by Crippen LogP contribution is 2.13. The van der Waals surface area contributed by atoms with Crippen LogP contribution in [0.2, 0.25) is 0 Å². The minimum Gasteiger partial charge on any atom is -0.355 e. The number of likely N-dealkylation sites (tertiary alicyclic amines) is 1. The van der Waals surface area contributed by atoms with Gasteiger partial charge in [0, 0.05) is 24.5 Å². The summed E-state index contributed by atoms with van der Waals surface area (Å²) in [5, 5.41) is 8.85. The van der Waals surface area contributed by atoms with Gasteiger partial charge in [-0.1, -0.05) is 6.07 Å². The van der Waals surface area contributed by atoms with Crippen molar-refractivity contribution in [1.82, 2.24) is 15.5 Å². The Morgan fingerprint density at radius 1 is 1.53 bits per heavy atom. The Morgan fingerprint density at radius 2 is 2.37 bits per heavy atom. The molecule has 108 valence electrons. The highest BCUT2D eigenvalue weighted by atomic mass is 127. The summed E-state index contributed by atoms with van der Waals surface area (Å²) >= 11 is 1.77. The zero-order valence-electron chi connectivity index (χ0n) is 11.6. The van der Waals surface area contributed by atoms with E-state index < -0.39 is 0 Å². The van der Waals surface area contributed by atoms with Crippen LogP contribution in [0.3, 0.4) is 0 Å². The van der Waals surface area contributed by atoms with Crippen molar-refractivity contribution in [3.05, 3.63) is 22.4 Å². The van der Waals surface area contributed by atoms with E-state index >= 15 is 0 Å². The molecule has 2 rings (SSSR count). The Kier molecular flexibility index (Phi) is 7.70. The molecular formula is C13H23IN4S. The molecule has 1 aromatic rings. The summed E-state index contributed by atoms with van der Waals surface area (Å²) in [6.07, 6.45) is 2.59. The molecule has 1 saturated heterocycles. The number of rotatable bonds is 4. The molecular weight excluding hydrogens is 371 g/mol. The van der Waals surface area contributed by atoms with Gasteiger partial charge in [-0.05, 0) is 37.9 Å². The van der Waals surface area contributed by atoms with Crippen LogP contribution in [-0.4, -0.2) is 44.1 Å². The SMILES string of the molecule is CN=C(NCc1cccs1)NCC1CCCN1C.I. The number of guanidine groups is 1. The summed E-state index contributed by atoms with van der Waals surface area (Å²) in [6.45, 7) is 3.03. The summed E-state index contributed by atoms with van der Waals surface area (Å²) in [5.41, 5.74) is 0. The topological polar surface area (TPSA) is 39.7 Å². The normalized spacial score (nSPS) is 20.1. The molecule has 6 heteroatoms. The lowest BCUT2D eigenvalue weighted by Crippen LogP contribution is -2.43. The zero-order chi connectivity index (χ0) is 12.8. The van der Waals surface area contributed by atoms with Crippen molar-refractivity contribution in [2.24, 2.45) is 4.99 Å². The maximum absolute atomic E-state index is 4.25. The Labute approximate surface area is 136 Å². The first-order valence-electron chi connectivity index (χ1n) is 6.46. The molecule has 0 saturated carbocycles. The molecule has 2 N–H and O–H groups in total. The number of nitrogens with zero attached hydrogens (tertiary/aromatic N) is 2. The second kappa shape index (κ2) is 8.76. The van der Waals surface area contributed by atoms with Crippen LogP contribution < -0.4 is 10.6 Å². The quantitative estimate of drug-likeness (QED) is 0.467. The molecule has 1 fully saturated rings. The maximum Gasteiger partial charge on any atom is 0.191 e. The van der Waals surface area contributed by atoms with Gasteiger partial charge >= 0.3 is 0 Å². The molecule has 0 radical (unpaired) electrons. The van der Waals surface area contributed by atoms with Crippen molar-refractivity contribution < 1.29 is 0 Å². The first kappa shape index (κ1) is 16.7. The van der Waals surface area contributed by atoms with E-state index in [1.54, 1.807) is 11.3 Å². The average molecular weight is 394 g/mol. The van der Waals surface area contributed by atoms with E-state index in [0.717, 1.165) is 19.0 Å². The lowest BCUT2D eigenvalue weighted by atomic mass is 10.2. The number of hydrogen-bond donors (Lipinski definition) is 2. The Hall–Kier alpha value is -0.340. The van der Waals surface area contributed by atoms with Gasteiger partial charge in [0.2, 0.25) is 0 Å². The van der Waals surface area contributed by atoms with Gasteiger partial charge in [0.05, 0.1) is 6.54 Å². The van der Waals surface area contributed by atoms with Gasteiger partial charge in [-0.2, -0.15) is 0 Å². The summed E-state index contributed by atoms with van der Waals surface area (Å²) in [6, 6.07) is 4.85. The molecule has 0 aliphatic carbocycles. The number of nitrogens with one attached hydrogen (secondary N) is 2. The third-order valence-electron chi connectivity index (χ3n) is 3.41. The van der Waals surface area contributed by atoms with Crippen LogP contribution >= 0.6 is 35.3 Å². The Morgan fingerprint density at radius 3 is 2.95 bits per heavy atom. The van der Waals surface area contributed by atoms with Crippen LogP contribution in [0.15, 0.2) is 22.5 Å². The molecule has 1 aromatic heterocycles. The Balaban J connectivity index is 0.00000180. The molecule has 1 aliphatic rings. The van der Waals surface area contributed by atoms with E-state index in [2.05, 4.69) is 45.1 Å². The van der Waals surface area contributed by atoms with Gasteiger partial charge in [0.25, 0.3) is 0 Å². The van der Waals surface area contributed by atoms with Crippen molar-refractivity contribution >= 4 is 41.3 Å². The highest BCUT2D eigenvalue weighted by Gasteiger charge is 2.20. The number of halogens is 1. The van der Waals surface area contributed by atoms with Gasteiger partial charge in [-0.3, -0.25) is 4.99 Å². The number of aliphatic imine (C=N–C) groups is 1. The van der Waals surface area contributed by atoms with E-state index in [4.69, 9.17) is 0 Å². The van der Waals surface area contributed by atoms with Crippen molar-refractivity contribution in [2.45, 2.75) is 25.4 Å². The highest BCUT2D eigenvalue weighted by molar-refractivity contribution is 14.0. The average Bonchev–Trinajstić information content (AvgIpc) is 3.01. The van der Waals surface area contributed by atoms with Crippen LogP contribution in [0.4, 0.5) is 0 Å². The van der Waals surface area contributed by atoms with Crippen LogP contribution in [0, 0.1) is 0 Å². The van der Waals surface area contributed by atoms with Crippen LogP contribution in [0.1, 0.15) is 17.7 Å². The van der Waals surface area contributed by atoms with Gasteiger partial charge in [-0.25, -0.2) is 0 Å². The third kappa shape index (κ3) is 5.27.